The van der Waals surface area contributed by atoms with Crippen molar-refractivity contribution in [1.82, 2.24) is 14.9 Å². The zero-order valence-electron chi connectivity index (χ0n) is 18.2. The average molecular weight is 466 g/mol. The highest BCUT2D eigenvalue weighted by atomic mass is 16.8. The molecule has 1 aromatic rings. The molecule has 0 spiro atoms. The number of nitrogens with zero attached hydrogens (tertiary/aromatic N) is 2. The zero-order valence-corrected chi connectivity index (χ0v) is 18.2. The fraction of sp³-hybridized carbons (Fsp3) is 0.650. The van der Waals surface area contributed by atoms with Gasteiger partial charge in [-0.1, -0.05) is 13.8 Å². The van der Waals surface area contributed by atoms with Crippen LogP contribution in [-0.2, 0) is 33.4 Å². The maximum absolute atomic E-state index is 12.6. The van der Waals surface area contributed by atoms with Crippen molar-refractivity contribution in [2.75, 3.05) is 18.6 Å². The molecular weight excluding hydrogens is 440 g/mol. The highest BCUT2D eigenvalue weighted by Crippen LogP contribution is 2.37. The van der Waals surface area contributed by atoms with Gasteiger partial charge in [-0.2, -0.15) is 4.98 Å². The number of rotatable bonds is 8. The minimum absolute atomic E-state index is 0.0247. The third-order valence-electron chi connectivity index (χ3n) is 5.86. The molecule has 4 heterocycles. The van der Waals surface area contributed by atoms with Gasteiger partial charge in [-0.3, -0.25) is 9.36 Å². The minimum Gasteiger partial charge on any atom is -0.462 e. The van der Waals surface area contributed by atoms with Gasteiger partial charge < -0.3 is 29.1 Å². The molecule has 13 nitrogen and oxygen atoms in total. The Labute approximate surface area is 188 Å². The van der Waals surface area contributed by atoms with Gasteiger partial charge in [0.1, 0.15) is 18.8 Å². The van der Waals surface area contributed by atoms with Crippen LogP contribution in [0.15, 0.2) is 17.1 Å². The zero-order chi connectivity index (χ0) is 23.5. The van der Waals surface area contributed by atoms with E-state index in [9.17, 15) is 19.2 Å². The molecule has 3 aliphatic rings. The molecule has 0 radical (unpaired) electrons. The average Bonchev–Trinajstić information content (AvgIpc) is 3.53. The van der Waals surface area contributed by atoms with Crippen molar-refractivity contribution in [2.45, 2.75) is 63.7 Å². The van der Waals surface area contributed by atoms with Crippen LogP contribution in [0.25, 0.3) is 0 Å². The summed E-state index contributed by atoms with van der Waals surface area (Å²) in [4.78, 5) is 57.0. The van der Waals surface area contributed by atoms with Gasteiger partial charge in [-0.05, 0) is 25.8 Å². The lowest BCUT2D eigenvalue weighted by Crippen LogP contribution is -2.37. The molecule has 1 aromatic heterocycles. The van der Waals surface area contributed by atoms with Crippen LogP contribution >= 0.6 is 0 Å². The van der Waals surface area contributed by atoms with Crippen molar-refractivity contribution in [3.8, 4) is 0 Å². The topological polar surface area (TPSA) is 156 Å². The monoisotopic (exact) mass is 466 g/mol. The van der Waals surface area contributed by atoms with Crippen molar-refractivity contribution >= 4 is 23.9 Å². The maximum atomic E-state index is 12.6. The molecular formula is C20H26N4O9. The summed E-state index contributed by atoms with van der Waals surface area (Å²) in [6, 6.07) is 1.03. The Balaban J connectivity index is 1.42. The van der Waals surface area contributed by atoms with E-state index < -0.39 is 48.3 Å². The molecule has 3 aliphatic heterocycles. The lowest BCUT2D eigenvalue weighted by molar-refractivity contribution is -0.152. The van der Waals surface area contributed by atoms with Gasteiger partial charge in [0.25, 0.3) is 0 Å². The molecule has 0 amide bonds. The van der Waals surface area contributed by atoms with Gasteiger partial charge in [0.15, 0.2) is 24.3 Å². The first-order valence-corrected chi connectivity index (χ1v) is 10.9. The van der Waals surface area contributed by atoms with Crippen LogP contribution in [0.3, 0.4) is 0 Å². The number of esters is 1. The second kappa shape index (κ2) is 9.75. The normalized spacial score (nSPS) is 29.0. The number of hydrogen-bond acceptors (Lipinski definition) is 12. The van der Waals surface area contributed by atoms with Crippen LogP contribution in [0.1, 0.15) is 39.3 Å². The molecule has 0 aromatic carbocycles. The van der Waals surface area contributed by atoms with E-state index in [1.165, 1.54) is 12.3 Å². The van der Waals surface area contributed by atoms with Crippen molar-refractivity contribution < 1.29 is 38.2 Å². The summed E-state index contributed by atoms with van der Waals surface area (Å²) in [5.74, 6) is -1.18. The van der Waals surface area contributed by atoms with Crippen LogP contribution in [0.4, 0.5) is 10.6 Å². The lowest BCUT2D eigenvalue weighted by atomic mass is 10.1. The minimum atomic E-state index is -1.04. The Morgan fingerprint density at radius 2 is 2.12 bits per heavy atom. The van der Waals surface area contributed by atoms with Gasteiger partial charge in [-0.15, -0.1) is 0 Å². The Kier molecular flexibility index (Phi) is 6.79. The SMILES string of the molecule is CC[C@H](C)C(=O)ONc1ccn([C@@H]2O[C@H](COC(=O)[C@@H]3CCCN3)[C@H]3OC(=O)O[C@H]32)c(=O)n1. The molecule has 180 valence electrons. The highest BCUT2D eigenvalue weighted by Gasteiger charge is 2.55. The van der Waals surface area contributed by atoms with Crippen molar-refractivity contribution in [2.24, 2.45) is 5.92 Å². The molecule has 2 N–H and O–H groups in total. The van der Waals surface area contributed by atoms with Crippen LogP contribution in [-0.4, -0.2) is 65.2 Å². The number of fused-ring (bicyclic) bond motifs is 1. The van der Waals surface area contributed by atoms with Crippen LogP contribution in [0.2, 0.25) is 0 Å². The fourth-order valence-electron chi connectivity index (χ4n) is 3.77. The first-order chi connectivity index (χ1) is 15.9. The summed E-state index contributed by atoms with van der Waals surface area (Å²) in [6.45, 7) is 4.14. The molecule has 0 unspecified atom stereocenters. The Morgan fingerprint density at radius 3 is 2.82 bits per heavy atom. The number of carbonyl (C=O) groups is 3. The van der Waals surface area contributed by atoms with Crippen molar-refractivity contribution in [3.05, 3.63) is 22.7 Å². The fourth-order valence-corrected chi connectivity index (χ4v) is 3.77. The number of hydrogen-bond donors (Lipinski definition) is 2. The van der Waals surface area contributed by atoms with Gasteiger partial charge in [0.2, 0.25) is 0 Å². The van der Waals surface area contributed by atoms with Crippen LogP contribution in [0.5, 0.6) is 0 Å². The predicted octanol–water partition coefficient (Wildman–Crippen LogP) is 0.256. The van der Waals surface area contributed by atoms with E-state index in [1.54, 1.807) is 6.92 Å². The van der Waals surface area contributed by atoms with E-state index in [4.69, 9.17) is 23.8 Å². The molecule has 3 fully saturated rings. The first-order valence-electron chi connectivity index (χ1n) is 10.9. The summed E-state index contributed by atoms with van der Waals surface area (Å²) in [5, 5.41) is 3.04. The third kappa shape index (κ3) is 4.93. The van der Waals surface area contributed by atoms with E-state index >= 15 is 0 Å². The van der Waals surface area contributed by atoms with Crippen LogP contribution in [0, 0.1) is 5.92 Å². The number of anilines is 1. The van der Waals surface area contributed by atoms with Crippen molar-refractivity contribution in [1.29, 1.82) is 0 Å². The van der Waals surface area contributed by atoms with Gasteiger partial charge in [-0.25, -0.2) is 19.9 Å². The van der Waals surface area contributed by atoms with E-state index in [0.29, 0.717) is 12.8 Å². The number of aromatic nitrogens is 2. The summed E-state index contributed by atoms with van der Waals surface area (Å²) in [7, 11) is 0. The molecule has 0 saturated carbocycles. The maximum Gasteiger partial charge on any atom is 0.509 e. The summed E-state index contributed by atoms with van der Waals surface area (Å²) < 4.78 is 22.7. The highest BCUT2D eigenvalue weighted by molar-refractivity contribution is 5.76. The van der Waals surface area contributed by atoms with Crippen molar-refractivity contribution in [3.63, 3.8) is 0 Å². The third-order valence-corrected chi connectivity index (χ3v) is 5.86. The summed E-state index contributed by atoms with van der Waals surface area (Å²) in [5.41, 5.74) is 1.61. The summed E-state index contributed by atoms with van der Waals surface area (Å²) in [6.07, 6.45) is -1.00. The second-order valence-corrected chi connectivity index (χ2v) is 8.09. The first kappa shape index (κ1) is 23.0. The van der Waals surface area contributed by atoms with E-state index in [2.05, 4.69) is 15.8 Å². The van der Waals surface area contributed by atoms with Crippen LogP contribution < -0.4 is 16.5 Å². The molecule has 13 heteroatoms. The van der Waals surface area contributed by atoms with Gasteiger partial charge >= 0.3 is 23.8 Å². The van der Waals surface area contributed by atoms with Gasteiger partial charge in [0, 0.05) is 12.3 Å². The molecule has 33 heavy (non-hydrogen) atoms. The Bertz CT molecular complexity index is 961. The largest absolute Gasteiger partial charge is 0.509 e. The standard InChI is InChI=1S/C20H26N4O9/c1-3-10(2)17(25)33-23-13-6-8-24(19(27)22-13)16-15-14(31-20(28)32-15)12(30-16)9-29-18(26)11-5-4-7-21-11/h6,8,10-12,14-16,21H,3-5,7,9H2,1-2H3,(H,22,23,27)/t10-,11-,12+,14+,15+,16+/m0/s1. The van der Waals surface area contributed by atoms with E-state index in [1.807, 2.05) is 6.92 Å². The summed E-state index contributed by atoms with van der Waals surface area (Å²) >= 11 is 0. The lowest BCUT2D eigenvalue weighted by Gasteiger charge is -2.19. The number of nitrogens with one attached hydrogen (secondary N) is 2. The predicted molar refractivity (Wildman–Crippen MR) is 109 cm³/mol. The molecule has 0 bridgehead atoms. The number of carbonyl (C=O) groups excluding carboxylic acids is 3. The number of ether oxygens (including phenoxy) is 4. The smallest absolute Gasteiger partial charge is 0.462 e. The Morgan fingerprint density at radius 1 is 1.33 bits per heavy atom. The molecule has 6 atom stereocenters. The molecule has 3 saturated heterocycles. The quantitative estimate of drug-likeness (QED) is 0.306. The van der Waals surface area contributed by atoms with Gasteiger partial charge in [0.05, 0.1) is 5.92 Å². The van der Waals surface area contributed by atoms with E-state index in [-0.39, 0.29) is 24.4 Å². The Hall–Kier alpha value is -3.19. The second-order valence-electron chi connectivity index (χ2n) is 8.09. The molecule has 4 rings (SSSR count). The molecule has 0 aliphatic carbocycles. The van der Waals surface area contributed by atoms with E-state index in [0.717, 1.165) is 17.5 Å².